The topological polar surface area (TPSA) is 54.4 Å². The number of hydrogen-bond acceptors (Lipinski definition) is 2. The van der Waals surface area contributed by atoms with E-state index in [0.717, 1.165) is 25.0 Å². The maximum Gasteiger partial charge on any atom is 0.328 e. The molecule has 11 heavy (non-hydrogen) atoms. The van der Waals surface area contributed by atoms with Gasteiger partial charge in [0.15, 0.2) is 5.78 Å². The number of carbonyl (C=O) groups excluding carboxylic acids is 1. The van der Waals surface area contributed by atoms with Crippen LogP contribution in [0.15, 0.2) is 12.2 Å². The van der Waals surface area contributed by atoms with Crippen molar-refractivity contribution in [3.05, 3.63) is 12.2 Å². The summed E-state index contributed by atoms with van der Waals surface area (Å²) < 4.78 is 0. The van der Waals surface area contributed by atoms with E-state index in [0.29, 0.717) is 6.42 Å². The average molecular weight is 156 g/mol. The second kappa shape index (κ2) is 5.65. The van der Waals surface area contributed by atoms with E-state index in [1.807, 2.05) is 6.92 Å². The van der Waals surface area contributed by atoms with Crippen LogP contribution < -0.4 is 0 Å². The molecule has 0 aliphatic carbocycles. The molecule has 1 N–H and O–H groups in total. The minimum absolute atomic E-state index is 0.116. The molecule has 0 aromatic heterocycles. The van der Waals surface area contributed by atoms with Gasteiger partial charge in [0, 0.05) is 12.5 Å². The van der Waals surface area contributed by atoms with Crippen LogP contribution in [0.5, 0.6) is 0 Å². The summed E-state index contributed by atoms with van der Waals surface area (Å²) in [6, 6.07) is 0. The third-order valence-corrected chi connectivity index (χ3v) is 1.19. The van der Waals surface area contributed by atoms with Gasteiger partial charge in [-0.25, -0.2) is 4.79 Å². The molecule has 0 radical (unpaired) electrons. The Morgan fingerprint density at radius 3 is 2.45 bits per heavy atom. The number of allylic oxidation sites excluding steroid dienone is 1. The van der Waals surface area contributed by atoms with Crippen LogP contribution in [0.25, 0.3) is 0 Å². The van der Waals surface area contributed by atoms with E-state index in [2.05, 4.69) is 0 Å². The van der Waals surface area contributed by atoms with Crippen molar-refractivity contribution < 1.29 is 14.7 Å². The van der Waals surface area contributed by atoms with Gasteiger partial charge in [-0.05, 0) is 12.5 Å². The van der Waals surface area contributed by atoms with Gasteiger partial charge in [-0.2, -0.15) is 0 Å². The van der Waals surface area contributed by atoms with Gasteiger partial charge >= 0.3 is 5.97 Å². The Hall–Kier alpha value is -1.12. The Balaban J connectivity index is 3.60. The molecule has 0 atom stereocenters. The Morgan fingerprint density at radius 1 is 1.36 bits per heavy atom. The van der Waals surface area contributed by atoms with Gasteiger partial charge in [0.1, 0.15) is 0 Å². The molecule has 0 aromatic rings. The third kappa shape index (κ3) is 6.77. The van der Waals surface area contributed by atoms with Crippen molar-refractivity contribution in [3.8, 4) is 0 Å². The van der Waals surface area contributed by atoms with Crippen molar-refractivity contribution in [1.29, 1.82) is 0 Å². The largest absolute Gasteiger partial charge is 0.478 e. The van der Waals surface area contributed by atoms with E-state index < -0.39 is 5.97 Å². The molecule has 0 aromatic carbocycles. The van der Waals surface area contributed by atoms with Crippen molar-refractivity contribution >= 4 is 11.8 Å². The molecule has 0 bridgehead atoms. The number of carboxylic acid groups (broad SMARTS) is 1. The molecule has 0 saturated carbocycles. The Morgan fingerprint density at radius 2 is 2.00 bits per heavy atom. The van der Waals surface area contributed by atoms with Gasteiger partial charge in [0.25, 0.3) is 0 Å². The highest BCUT2D eigenvalue weighted by atomic mass is 16.4. The molecule has 0 unspecified atom stereocenters. The molecule has 0 aliphatic rings. The lowest BCUT2D eigenvalue weighted by Crippen LogP contribution is -1.94. The minimum Gasteiger partial charge on any atom is -0.478 e. The predicted molar refractivity (Wildman–Crippen MR) is 41.3 cm³/mol. The quantitative estimate of drug-likeness (QED) is 0.612. The van der Waals surface area contributed by atoms with Crippen LogP contribution in [0.3, 0.4) is 0 Å². The second-order valence-electron chi connectivity index (χ2n) is 2.24. The van der Waals surface area contributed by atoms with Crippen molar-refractivity contribution in [2.75, 3.05) is 0 Å². The molecule has 0 rings (SSSR count). The SMILES string of the molecule is CCCCC(=O)/C=C/C(=O)O. The molecular weight excluding hydrogens is 144 g/mol. The van der Waals surface area contributed by atoms with Crippen LogP contribution in [-0.4, -0.2) is 16.9 Å². The van der Waals surface area contributed by atoms with Crippen LogP contribution in [0.4, 0.5) is 0 Å². The number of hydrogen-bond donors (Lipinski definition) is 1. The van der Waals surface area contributed by atoms with Crippen LogP contribution in [0.2, 0.25) is 0 Å². The molecule has 0 fully saturated rings. The summed E-state index contributed by atoms with van der Waals surface area (Å²) in [5.41, 5.74) is 0. The first kappa shape index (κ1) is 9.88. The van der Waals surface area contributed by atoms with Crippen molar-refractivity contribution in [2.45, 2.75) is 26.2 Å². The lowest BCUT2D eigenvalue weighted by molar-refractivity contribution is -0.131. The highest BCUT2D eigenvalue weighted by Gasteiger charge is 1.95. The number of rotatable bonds is 5. The first-order valence-corrected chi connectivity index (χ1v) is 3.60. The van der Waals surface area contributed by atoms with Gasteiger partial charge in [0.2, 0.25) is 0 Å². The molecule has 62 valence electrons. The zero-order valence-corrected chi connectivity index (χ0v) is 6.54. The predicted octanol–water partition coefficient (Wildman–Crippen LogP) is 1.39. The molecule has 3 nitrogen and oxygen atoms in total. The summed E-state index contributed by atoms with van der Waals surface area (Å²) in [6.45, 7) is 1.98. The lowest BCUT2D eigenvalue weighted by atomic mass is 10.2. The first-order valence-electron chi connectivity index (χ1n) is 3.60. The van der Waals surface area contributed by atoms with Crippen molar-refractivity contribution in [3.63, 3.8) is 0 Å². The summed E-state index contributed by atoms with van der Waals surface area (Å²) >= 11 is 0. The van der Waals surface area contributed by atoms with Crippen LogP contribution in [-0.2, 0) is 9.59 Å². The Bertz CT molecular complexity index is 170. The fourth-order valence-electron chi connectivity index (χ4n) is 0.599. The van der Waals surface area contributed by atoms with E-state index in [1.54, 1.807) is 0 Å². The second-order valence-corrected chi connectivity index (χ2v) is 2.24. The monoisotopic (exact) mass is 156 g/mol. The van der Waals surface area contributed by atoms with E-state index in [-0.39, 0.29) is 5.78 Å². The van der Waals surface area contributed by atoms with Gasteiger partial charge in [0.05, 0.1) is 0 Å². The lowest BCUT2D eigenvalue weighted by Gasteiger charge is -1.89. The summed E-state index contributed by atoms with van der Waals surface area (Å²) in [6.07, 6.45) is 4.20. The third-order valence-electron chi connectivity index (χ3n) is 1.19. The molecule has 3 heteroatoms. The standard InChI is InChI=1S/C8H12O3/c1-2-3-4-7(9)5-6-8(10)11/h5-6H,2-4H2,1H3,(H,10,11)/b6-5+. The number of aliphatic carboxylic acids is 1. The maximum atomic E-state index is 10.8. The zero-order chi connectivity index (χ0) is 8.69. The fourth-order valence-corrected chi connectivity index (χ4v) is 0.599. The van der Waals surface area contributed by atoms with Crippen molar-refractivity contribution in [2.24, 2.45) is 0 Å². The molecule has 0 amide bonds. The number of unbranched alkanes of at least 4 members (excludes halogenated alkanes) is 1. The Labute approximate surface area is 65.7 Å². The van der Waals surface area contributed by atoms with E-state index in [9.17, 15) is 9.59 Å². The zero-order valence-electron chi connectivity index (χ0n) is 6.54. The average Bonchev–Trinajstić information content (AvgIpc) is 1.97. The molecule has 0 saturated heterocycles. The maximum absolute atomic E-state index is 10.8. The molecule has 0 heterocycles. The van der Waals surface area contributed by atoms with E-state index in [4.69, 9.17) is 5.11 Å². The molecule has 0 aliphatic heterocycles. The number of carboxylic acids is 1. The van der Waals surface area contributed by atoms with Gasteiger partial charge < -0.3 is 5.11 Å². The molecule has 0 spiro atoms. The van der Waals surface area contributed by atoms with Gasteiger partial charge in [-0.15, -0.1) is 0 Å². The highest BCUT2D eigenvalue weighted by Crippen LogP contribution is 1.95. The first-order chi connectivity index (χ1) is 5.16. The van der Waals surface area contributed by atoms with Crippen LogP contribution in [0, 0.1) is 0 Å². The minimum atomic E-state index is -1.07. The van der Waals surface area contributed by atoms with Crippen molar-refractivity contribution in [1.82, 2.24) is 0 Å². The highest BCUT2D eigenvalue weighted by molar-refractivity contribution is 5.95. The van der Waals surface area contributed by atoms with Crippen LogP contribution in [0.1, 0.15) is 26.2 Å². The van der Waals surface area contributed by atoms with Crippen LogP contribution >= 0.6 is 0 Å². The van der Waals surface area contributed by atoms with Gasteiger partial charge in [-0.1, -0.05) is 13.3 Å². The van der Waals surface area contributed by atoms with E-state index >= 15 is 0 Å². The Kier molecular flexibility index (Phi) is 5.07. The fraction of sp³-hybridized carbons (Fsp3) is 0.500. The van der Waals surface area contributed by atoms with Gasteiger partial charge in [-0.3, -0.25) is 4.79 Å². The van der Waals surface area contributed by atoms with E-state index in [1.165, 1.54) is 0 Å². The molecular formula is C8H12O3. The summed E-state index contributed by atoms with van der Waals surface area (Å²) in [7, 11) is 0. The smallest absolute Gasteiger partial charge is 0.328 e. The number of carbonyl (C=O) groups is 2. The normalized spacial score (nSPS) is 10.3. The summed E-state index contributed by atoms with van der Waals surface area (Å²) in [5.74, 6) is -1.19. The number of ketones is 1. The summed E-state index contributed by atoms with van der Waals surface area (Å²) in [4.78, 5) is 20.7. The summed E-state index contributed by atoms with van der Waals surface area (Å²) in [5, 5.41) is 8.15.